The Bertz CT molecular complexity index is 1250. The van der Waals surface area contributed by atoms with E-state index in [-0.39, 0.29) is 5.69 Å². The molecule has 6 nitrogen and oxygen atoms in total. The summed E-state index contributed by atoms with van der Waals surface area (Å²) in [5.74, 6) is 1.21. The van der Waals surface area contributed by atoms with Crippen molar-refractivity contribution in [2.45, 2.75) is 39.9 Å². The minimum Gasteiger partial charge on any atom is -0.488 e. The van der Waals surface area contributed by atoms with Gasteiger partial charge in [-0.05, 0) is 35.6 Å². The predicted molar refractivity (Wildman–Crippen MR) is 131 cm³/mol. The van der Waals surface area contributed by atoms with E-state index in [0.717, 1.165) is 34.4 Å². The maximum absolute atomic E-state index is 11.9. The number of amides is 1. The van der Waals surface area contributed by atoms with Gasteiger partial charge in [0, 0.05) is 11.6 Å². The van der Waals surface area contributed by atoms with Crippen LogP contribution in [0.4, 0.5) is 0 Å². The molecule has 2 N–H and O–H groups in total. The first kappa shape index (κ1) is 23.1. The molecule has 0 radical (unpaired) electrons. The summed E-state index contributed by atoms with van der Waals surface area (Å²) in [6, 6.07) is 23.8. The molecule has 0 saturated heterocycles. The van der Waals surface area contributed by atoms with Gasteiger partial charge in [-0.25, -0.2) is 0 Å². The van der Waals surface area contributed by atoms with E-state index in [2.05, 4.69) is 12.1 Å². The highest BCUT2D eigenvalue weighted by atomic mass is 16.5. The average molecular weight is 457 g/mol. The molecule has 4 rings (SSSR count). The van der Waals surface area contributed by atoms with Crippen molar-refractivity contribution >= 4 is 5.91 Å². The number of nitrogens with two attached hydrogens (primary N) is 1. The molecule has 0 bridgehead atoms. The van der Waals surface area contributed by atoms with E-state index in [1.165, 1.54) is 0 Å². The van der Waals surface area contributed by atoms with Crippen molar-refractivity contribution in [2.24, 2.45) is 5.73 Å². The summed E-state index contributed by atoms with van der Waals surface area (Å²) in [7, 11) is 0. The highest BCUT2D eigenvalue weighted by molar-refractivity contribution is 5.94. The highest BCUT2D eigenvalue weighted by Gasteiger charge is 2.24. The maximum atomic E-state index is 11.9. The molecule has 1 amide bonds. The largest absolute Gasteiger partial charge is 0.488 e. The van der Waals surface area contributed by atoms with Crippen molar-refractivity contribution in [3.63, 3.8) is 0 Å². The summed E-state index contributed by atoms with van der Waals surface area (Å²) in [5.41, 5.74) is 10.2. The number of aromatic nitrogens is 1. The van der Waals surface area contributed by atoms with Crippen LogP contribution in [-0.2, 0) is 26.1 Å². The zero-order chi connectivity index (χ0) is 23.9. The van der Waals surface area contributed by atoms with Crippen LogP contribution in [0.3, 0.4) is 0 Å². The minimum absolute atomic E-state index is 0.147. The zero-order valence-corrected chi connectivity index (χ0v) is 19.4. The number of ether oxygens (including phenoxy) is 2. The Morgan fingerprint density at radius 1 is 0.853 bits per heavy atom. The van der Waals surface area contributed by atoms with E-state index < -0.39 is 5.91 Å². The summed E-state index contributed by atoms with van der Waals surface area (Å²) >= 11 is 0. The van der Waals surface area contributed by atoms with Crippen molar-refractivity contribution in [3.8, 4) is 22.8 Å². The summed E-state index contributed by atoms with van der Waals surface area (Å²) in [4.78, 5) is 11.9. The molecule has 4 aromatic rings. The van der Waals surface area contributed by atoms with Gasteiger partial charge in [-0.2, -0.15) is 0 Å². The molecule has 0 aliphatic rings. The second kappa shape index (κ2) is 10.7. The number of rotatable bonds is 10. The lowest BCUT2D eigenvalue weighted by molar-refractivity contribution is 0.0991. The van der Waals surface area contributed by atoms with Crippen LogP contribution in [-0.4, -0.2) is 11.1 Å². The molecule has 0 unspecified atom stereocenters. The number of carbonyl (C=O) groups excluding carboxylic acids is 1. The lowest BCUT2D eigenvalue weighted by Crippen LogP contribution is -2.13. The minimum atomic E-state index is -0.614. The Morgan fingerprint density at radius 3 is 1.97 bits per heavy atom. The van der Waals surface area contributed by atoms with Gasteiger partial charge in [-0.3, -0.25) is 4.79 Å². The third kappa shape index (κ3) is 5.12. The average Bonchev–Trinajstić information content (AvgIpc) is 3.31. The Labute approximate surface area is 199 Å². The molecule has 0 spiro atoms. The molecule has 6 heteroatoms. The number of aryl methyl sites for hydroxylation is 1. The topological polar surface area (TPSA) is 87.6 Å². The van der Waals surface area contributed by atoms with Crippen LogP contribution in [0.25, 0.3) is 11.3 Å². The van der Waals surface area contributed by atoms with E-state index in [1.807, 2.05) is 79.7 Å². The van der Waals surface area contributed by atoms with E-state index in [0.29, 0.717) is 36.7 Å². The smallest absolute Gasteiger partial charge is 0.271 e. The molecule has 0 saturated carbocycles. The molecule has 174 valence electrons. The van der Waals surface area contributed by atoms with E-state index in [1.54, 1.807) is 0 Å². The van der Waals surface area contributed by atoms with Crippen LogP contribution >= 0.6 is 0 Å². The molecule has 0 fully saturated rings. The Balaban J connectivity index is 1.75. The lowest BCUT2D eigenvalue weighted by atomic mass is 9.99. The van der Waals surface area contributed by atoms with Gasteiger partial charge >= 0.3 is 0 Å². The molecule has 0 aliphatic heterocycles. The van der Waals surface area contributed by atoms with Crippen molar-refractivity contribution < 1.29 is 18.8 Å². The van der Waals surface area contributed by atoms with E-state index in [9.17, 15) is 4.79 Å². The SMILES string of the molecule is CCc1cc(-c2onc(C(N)=O)c2CC)c(OCc2ccccc2)cc1OCc1ccccc1. The third-order valence-electron chi connectivity index (χ3n) is 5.64. The Morgan fingerprint density at radius 2 is 1.44 bits per heavy atom. The van der Waals surface area contributed by atoms with Gasteiger partial charge in [0.1, 0.15) is 24.7 Å². The highest BCUT2D eigenvalue weighted by Crippen LogP contribution is 2.40. The number of benzene rings is 3. The number of hydrogen-bond donors (Lipinski definition) is 1. The van der Waals surface area contributed by atoms with Crippen LogP contribution < -0.4 is 15.2 Å². The van der Waals surface area contributed by atoms with Crippen molar-refractivity contribution in [3.05, 3.63) is 101 Å². The van der Waals surface area contributed by atoms with Crippen LogP contribution in [0.2, 0.25) is 0 Å². The van der Waals surface area contributed by atoms with Gasteiger partial charge < -0.3 is 19.7 Å². The van der Waals surface area contributed by atoms with Crippen LogP contribution in [0.15, 0.2) is 77.3 Å². The van der Waals surface area contributed by atoms with Crippen LogP contribution in [0.1, 0.15) is 46.6 Å². The molecule has 0 aliphatic carbocycles. The number of nitrogens with zero attached hydrogens (tertiary/aromatic N) is 1. The van der Waals surface area contributed by atoms with Gasteiger partial charge in [-0.15, -0.1) is 0 Å². The standard InChI is InChI=1S/C28H28N2O4/c1-3-21-15-23(27-22(4-2)26(28(29)31)30-34-27)25(33-18-20-13-9-6-10-14-20)16-24(21)32-17-19-11-7-5-8-12-19/h5-16H,3-4,17-18H2,1-2H3,(H2,29,31). The van der Waals surface area contributed by atoms with E-state index in [4.69, 9.17) is 19.7 Å². The van der Waals surface area contributed by atoms with Crippen LogP contribution in [0.5, 0.6) is 11.5 Å². The third-order valence-corrected chi connectivity index (χ3v) is 5.64. The Hall–Kier alpha value is -4.06. The molecule has 1 aromatic heterocycles. The first-order chi connectivity index (χ1) is 16.6. The summed E-state index contributed by atoms with van der Waals surface area (Å²) in [5, 5.41) is 3.94. The fraction of sp³-hybridized carbons (Fsp3) is 0.214. The summed E-state index contributed by atoms with van der Waals surface area (Å²) in [6.07, 6.45) is 1.29. The normalized spacial score (nSPS) is 10.8. The van der Waals surface area contributed by atoms with Crippen molar-refractivity contribution in [2.75, 3.05) is 0 Å². The number of carbonyl (C=O) groups is 1. The molecule has 1 heterocycles. The van der Waals surface area contributed by atoms with Crippen molar-refractivity contribution in [1.29, 1.82) is 0 Å². The monoisotopic (exact) mass is 456 g/mol. The number of hydrogen-bond acceptors (Lipinski definition) is 5. The second-order valence-electron chi connectivity index (χ2n) is 7.91. The molecular formula is C28H28N2O4. The molecular weight excluding hydrogens is 428 g/mol. The van der Waals surface area contributed by atoms with Gasteiger partial charge in [0.2, 0.25) is 0 Å². The lowest BCUT2D eigenvalue weighted by Gasteiger charge is -2.17. The quantitative estimate of drug-likeness (QED) is 0.330. The molecule has 0 atom stereocenters. The fourth-order valence-electron chi connectivity index (χ4n) is 3.83. The molecule has 34 heavy (non-hydrogen) atoms. The molecule has 3 aromatic carbocycles. The van der Waals surface area contributed by atoms with Crippen molar-refractivity contribution in [1.82, 2.24) is 5.16 Å². The van der Waals surface area contributed by atoms with Gasteiger partial charge in [0.25, 0.3) is 5.91 Å². The van der Waals surface area contributed by atoms with E-state index >= 15 is 0 Å². The van der Waals surface area contributed by atoms with Gasteiger partial charge in [-0.1, -0.05) is 79.7 Å². The number of primary amides is 1. The van der Waals surface area contributed by atoms with Crippen LogP contribution in [0, 0.1) is 0 Å². The second-order valence-corrected chi connectivity index (χ2v) is 7.91. The first-order valence-corrected chi connectivity index (χ1v) is 11.4. The maximum Gasteiger partial charge on any atom is 0.271 e. The predicted octanol–water partition coefficient (Wildman–Crippen LogP) is 5.72. The Kier molecular flexibility index (Phi) is 7.28. The summed E-state index contributed by atoms with van der Waals surface area (Å²) < 4.78 is 18.1. The first-order valence-electron chi connectivity index (χ1n) is 11.4. The zero-order valence-electron chi connectivity index (χ0n) is 19.4. The van der Waals surface area contributed by atoms with Gasteiger partial charge in [0.15, 0.2) is 11.5 Å². The van der Waals surface area contributed by atoms with Gasteiger partial charge in [0.05, 0.1) is 5.56 Å². The fourth-order valence-corrected chi connectivity index (χ4v) is 3.83. The summed E-state index contributed by atoms with van der Waals surface area (Å²) in [6.45, 7) is 4.81.